The number of nitrogens with zero attached hydrogens (tertiary/aromatic N) is 5. The first-order chi connectivity index (χ1) is 15.4. The molecule has 0 amide bonds. The number of benzene rings is 2. The summed E-state index contributed by atoms with van der Waals surface area (Å²) >= 11 is 0. The van der Waals surface area contributed by atoms with Crippen LogP contribution in [0.15, 0.2) is 70.5 Å². The SMILES string of the molecule is CC(C)CCn1c(=O)c2c(ncn2Cc2cccc([N+](=O)[O-])c2)n(-c2ccccc2)c1=O. The van der Waals surface area contributed by atoms with Gasteiger partial charge in [0.2, 0.25) is 0 Å². The van der Waals surface area contributed by atoms with E-state index in [-0.39, 0.29) is 23.4 Å². The first-order valence-corrected chi connectivity index (χ1v) is 10.4. The minimum Gasteiger partial charge on any atom is -0.320 e. The van der Waals surface area contributed by atoms with Crippen molar-refractivity contribution in [3.8, 4) is 5.69 Å². The first kappa shape index (κ1) is 21.2. The van der Waals surface area contributed by atoms with Gasteiger partial charge in [0.15, 0.2) is 11.2 Å². The van der Waals surface area contributed by atoms with E-state index in [9.17, 15) is 19.7 Å². The van der Waals surface area contributed by atoms with Gasteiger partial charge in [-0.05, 0) is 30.0 Å². The van der Waals surface area contributed by atoms with Crippen LogP contribution in [-0.2, 0) is 13.1 Å². The predicted molar refractivity (Wildman–Crippen MR) is 121 cm³/mol. The Morgan fingerprint density at radius 3 is 2.50 bits per heavy atom. The molecule has 2 aromatic carbocycles. The predicted octanol–water partition coefficient (Wildman–Crippen LogP) is 3.35. The maximum atomic E-state index is 13.4. The third-order valence-corrected chi connectivity index (χ3v) is 5.32. The van der Waals surface area contributed by atoms with Gasteiger partial charge < -0.3 is 4.57 Å². The molecule has 32 heavy (non-hydrogen) atoms. The lowest BCUT2D eigenvalue weighted by Crippen LogP contribution is -2.40. The van der Waals surface area contributed by atoms with Crippen LogP contribution in [0.2, 0.25) is 0 Å². The molecular weight excluding hydrogens is 410 g/mol. The van der Waals surface area contributed by atoms with E-state index in [1.54, 1.807) is 28.8 Å². The molecule has 0 aliphatic rings. The number of fused-ring (bicyclic) bond motifs is 1. The highest BCUT2D eigenvalue weighted by molar-refractivity contribution is 5.72. The molecule has 2 aromatic heterocycles. The number of para-hydroxylation sites is 1. The fourth-order valence-electron chi connectivity index (χ4n) is 3.66. The van der Waals surface area contributed by atoms with Crippen LogP contribution >= 0.6 is 0 Å². The second-order valence-corrected chi connectivity index (χ2v) is 8.06. The summed E-state index contributed by atoms with van der Waals surface area (Å²) in [5.74, 6) is 0.317. The van der Waals surface area contributed by atoms with Gasteiger partial charge in [0.05, 0.1) is 16.9 Å². The Balaban J connectivity index is 1.92. The third kappa shape index (κ3) is 3.96. The van der Waals surface area contributed by atoms with Crippen LogP contribution in [0.25, 0.3) is 16.9 Å². The molecule has 0 atom stereocenters. The van der Waals surface area contributed by atoms with Gasteiger partial charge in [0.25, 0.3) is 11.2 Å². The molecule has 0 spiro atoms. The molecule has 0 radical (unpaired) electrons. The summed E-state index contributed by atoms with van der Waals surface area (Å²) in [5.41, 5.74) is 0.935. The second-order valence-electron chi connectivity index (χ2n) is 8.06. The van der Waals surface area contributed by atoms with E-state index in [4.69, 9.17) is 0 Å². The molecule has 0 saturated carbocycles. The van der Waals surface area contributed by atoms with E-state index in [0.29, 0.717) is 30.1 Å². The van der Waals surface area contributed by atoms with E-state index in [0.717, 1.165) is 0 Å². The molecule has 0 unspecified atom stereocenters. The van der Waals surface area contributed by atoms with Crippen LogP contribution in [-0.4, -0.2) is 23.6 Å². The first-order valence-electron chi connectivity index (χ1n) is 10.4. The van der Waals surface area contributed by atoms with Crippen LogP contribution < -0.4 is 11.2 Å². The summed E-state index contributed by atoms with van der Waals surface area (Å²) in [5, 5.41) is 11.1. The van der Waals surface area contributed by atoms with Crippen molar-refractivity contribution in [3.05, 3.63) is 97.4 Å². The van der Waals surface area contributed by atoms with Crippen molar-refractivity contribution in [2.45, 2.75) is 33.4 Å². The van der Waals surface area contributed by atoms with Crippen LogP contribution in [0.1, 0.15) is 25.8 Å². The van der Waals surface area contributed by atoms with E-state index < -0.39 is 16.2 Å². The lowest BCUT2D eigenvalue weighted by atomic mass is 10.1. The van der Waals surface area contributed by atoms with Crippen molar-refractivity contribution in [3.63, 3.8) is 0 Å². The van der Waals surface area contributed by atoms with Crippen LogP contribution in [0.3, 0.4) is 0 Å². The topological polar surface area (TPSA) is 105 Å². The summed E-state index contributed by atoms with van der Waals surface area (Å²) < 4.78 is 4.34. The van der Waals surface area contributed by atoms with Crippen LogP contribution in [0.4, 0.5) is 5.69 Å². The Hall–Kier alpha value is -4.01. The lowest BCUT2D eigenvalue weighted by molar-refractivity contribution is -0.384. The molecule has 0 aliphatic heterocycles. The molecule has 2 heterocycles. The number of aromatic nitrogens is 4. The minimum atomic E-state index is -0.457. The lowest BCUT2D eigenvalue weighted by Gasteiger charge is -2.13. The molecule has 0 saturated heterocycles. The average molecular weight is 433 g/mol. The zero-order valence-electron chi connectivity index (χ0n) is 17.8. The van der Waals surface area contributed by atoms with Gasteiger partial charge in [-0.25, -0.2) is 14.3 Å². The van der Waals surface area contributed by atoms with Gasteiger partial charge in [0.1, 0.15) is 0 Å². The van der Waals surface area contributed by atoms with Crippen molar-refractivity contribution in [1.29, 1.82) is 0 Å². The number of rotatable bonds is 7. The smallest absolute Gasteiger partial charge is 0.320 e. The Labute approximate surface area is 183 Å². The minimum absolute atomic E-state index is 0.0255. The van der Waals surface area contributed by atoms with Crippen molar-refractivity contribution in [1.82, 2.24) is 18.7 Å². The average Bonchev–Trinajstić information content (AvgIpc) is 3.17. The highest BCUT2D eigenvalue weighted by Crippen LogP contribution is 2.17. The van der Waals surface area contributed by atoms with Gasteiger partial charge in [-0.2, -0.15) is 0 Å². The van der Waals surface area contributed by atoms with Crippen molar-refractivity contribution in [2.24, 2.45) is 5.92 Å². The summed E-state index contributed by atoms with van der Waals surface area (Å²) in [6.07, 6.45) is 2.17. The summed E-state index contributed by atoms with van der Waals surface area (Å²) in [4.78, 5) is 41.7. The zero-order valence-corrected chi connectivity index (χ0v) is 17.8. The van der Waals surface area contributed by atoms with Gasteiger partial charge in [-0.1, -0.05) is 44.2 Å². The van der Waals surface area contributed by atoms with Gasteiger partial charge in [0, 0.05) is 25.2 Å². The van der Waals surface area contributed by atoms with Crippen LogP contribution in [0.5, 0.6) is 0 Å². The van der Waals surface area contributed by atoms with E-state index in [2.05, 4.69) is 4.98 Å². The monoisotopic (exact) mass is 433 g/mol. The Kier molecular flexibility index (Phi) is 5.72. The van der Waals surface area contributed by atoms with Crippen molar-refractivity contribution >= 4 is 16.9 Å². The second kappa shape index (κ2) is 8.62. The van der Waals surface area contributed by atoms with E-state index >= 15 is 0 Å². The molecule has 4 rings (SSSR count). The number of imidazole rings is 1. The standard InChI is InChI=1S/C23H23N5O4/c1-16(2)11-12-26-22(29)20-21(27(23(26)30)18-8-4-3-5-9-18)24-15-25(20)14-17-7-6-10-19(13-17)28(31)32/h3-10,13,15-16H,11-12,14H2,1-2H3. The van der Waals surface area contributed by atoms with Crippen molar-refractivity contribution < 1.29 is 4.92 Å². The molecule has 164 valence electrons. The van der Waals surface area contributed by atoms with E-state index in [1.165, 1.54) is 27.6 Å². The number of non-ortho nitro benzene ring substituents is 1. The van der Waals surface area contributed by atoms with Crippen molar-refractivity contribution in [2.75, 3.05) is 0 Å². The fourth-order valence-corrected chi connectivity index (χ4v) is 3.66. The largest absolute Gasteiger partial charge is 0.337 e. The zero-order chi connectivity index (χ0) is 22.8. The maximum absolute atomic E-state index is 13.4. The highest BCUT2D eigenvalue weighted by Gasteiger charge is 2.19. The Morgan fingerprint density at radius 1 is 1.06 bits per heavy atom. The third-order valence-electron chi connectivity index (χ3n) is 5.32. The quantitative estimate of drug-likeness (QED) is 0.328. The fraction of sp³-hybridized carbons (Fsp3) is 0.261. The summed E-state index contributed by atoms with van der Waals surface area (Å²) in [6, 6.07) is 15.3. The van der Waals surface area contributed by atoms with Gasteiger partial charge in [-0.15, -0.1) is 0 Å². The maximum Gasteiger partial charge on any atom is 0.337 e. The summed E-state index contributed by atoms with van der Waals surface area (Å²) in [7, 11) is 0. The number of nitro groups is 1. The molecule has 0 N–H and O–H groups in total. The van der Waals surface area contributed by atoms with Gasteiger partial charge >= 0.3 is 5.69 Å². The molecule has 0 bridgehead atoms. The van der Waals surface area contributed by atoms with E-state index in [1.807, 2.05) is 32.0 Å². The molecule has 0 fully saturated rings. The summed E-state index contributed by atoms with van der Waals surface area (Å²) in [6.45, 7) is 4.57. The Bertz CT molecular complexity index is 1400. The normalized spacial score (nSPS) is 11.3. The number of hydrogen-bond acceptors (Lipinski definition) is 5. The van der Waals surface area contributed by atoms with Crippen LogP contribution in [0, 0.1) is 16.0 Å². The number of nitro benzene ring substituents is 1. The molecular formula is C23H23N5O4. The molecule has 9 heteroatoms. The number of hydrogen-bond donors (Lipinski definition) is 0. The Morgan fingerprint density at radius 2 is 1.81 bits per heavy atom. The highest BCUT2D eigenvalue weighted by atomic mass is 16.6. The van der Waals surface area contributed by atoms with Gasteiger partial charge in [-0.3, -0.25) is 19.5 Å². The molecule has 0 aliphatic carbocycles. The molecule has 9 nitrogen and oxygen atoms in total. The molecule has 4 aromatic rings.